The van der Waals surface area contributed by atoms with Crippen molar-refractivity contribution in [3.63, 3.8) is 0 Å². The lowest BCUT2D eigenvalue weighted by Crippen LogP contribution is -2.22. The molecule has 0 bridgehead atoms. The fourth-order valence-corrected chi connectivity index (χ4v) is 1.72. The molecule has 2 heterocycles. The van der Waals surface area contributed by atoms with Crippen molar-refractivity contribution in [2.24, 2.45) is 5.84 Å². The van der Waals surface area contributed by atoms with E-state index in [1.807, 2.05) is 4.90 Å². The normalized spacial score (nSPS) is 25.9. The minimum absolute atomic E-state index is 0.458. The van der Waals surface area contributed by atoms with Crippen LogP contribution in [-0.2, 0) is 6.54 Å². The van der Waals surface area contributed by atoms with Gasteiger partial charge in [0.05, 0.1) is 30.3 Å². The van der Waals surface area contributed by atoms with Crippen LogP contribution in [0.5, 0.6) is 0 Å². The number of β-amino-alcohol motifs (C(OH)–C–C–N with tert-alkyl or cyclic N) is 2. The fourth-order valence-electron chi connectivity index (χ4n) is 1.72. The highest BCUT2D eigenvalue weighted by molar-refractivity contribution is 5.28. The zero-order chi connectivity index (χ0) is 11.5. The van der Waals surface area contributed by atoms with Gasteiger partial charge in [-0.2, -0.15) is 0 Å². The molecule has 0 saturated carbocycles. The second-order valence-electron chi connectivity index (χ2n) is 3.87. The molecule has 7 heteroatoms. The lowest BCUT2D eigenvalue weighted by atomic mass is 10.3. The maximum Gasteiger partial charge on any atom is 0.158 e. The van der Waals surface area contributed by atoms with Gasteiger partial charge < -0.3 is 15.6 Å². The Morgan fingerprint density at radius 1 is 1.31 bits per heavy atom. The molecule has 88 valence electrons. The van der Waals surface area contributed by atoms with Crippen LogP contribution in [0.2, 0.25) is 0 Å². The van der Waals surface area contributed by atoms with Gasteiger partial charge in [0.15, 0.2) is 5.82 Å². The molecule has 2 atom stereocenters. The number of nitrogen functional groups attached to an aromatic ring is 1. The molecule has 1 aromatic heterocycles. The van der Waals surface area contributed by atoms with Gasteiger partial charge in [0.2, 0.25) is 0 Å². The monoisotopic (exact) mass is 225 g/mol. The van der Waals surface area contributed by atoms with E-state index < -0.39 is 12.2 Å². The first-order valence-electron chi connectivity index (χ1n) is 5.05. The molecule has 1 aromatic rings. The summed E-state index contributed by atoms with van der Waals surface area (Å²) in [5, 5.41) is 18.7. The molecule has 0 aliphatic carbocycles. The maximum absolute atomic E-state index is 9.37. The molecule has 1 saturated heterocycles. The molecule has 2 unspecified atom stereocenters. The molecule has 0 aromatic carbocycles. The lowest BCUT2D eigenvalue weighted by Gasteiger charge is -2.13. The predicted octanol–water partition coefficient (Wildman–Crippen LogP) is -1.70. The van der Waals surface area contributed by atoms with Crippen molar-refractivity contribution in [1.29, 1.82) is 0 Å². The lowest BCUT2D eigenvalue weighted by molar-refractivity contribution is 0.0572. The van der Waals surface area contributed by atoms with Crippen molar-refractivity contribution >= 4 is 5.82 Å². The van der Waals surface area contributed by atoms with E-state index >= 15 is 0 Å². The van der Waals surface area contributed by atoms with E-state index in [4.69, 9.17) is 5.84 Å². The van der Waals surface area contributed by atoms with E-state index in [1.165, 1.54) is 6.20 Å². The van der Waals surface area contributed by atoms with Gasteiger partial charge in [-0.15, -0.1) is 0 Å². The third-order valence-electron chi connectivity index (χ3n) is 2.57. The molecule has 1 aliphatic rings. The molecule has 1 fully saturated rings. The van der Waals surface area contributed by atoms with E-state index in [0.717, 1.165) is 5.69 Å². The van der Waals surface area contributed by atoms with Gasteiger partial charge in [-0.1, -0.05) is 0 Å². The summed E-state index contributed by atoms with van der Waals surface area (Å²) in [5.41, 5.74) is 3.17. The highest BCUT2D eigenvalue weighted by atomic mass is 16.3. The first-order chi connectivity index (χ1) is 7.69. The number of hydrogen-bond donors (Lipinski definition) is 4. The van der Waals surface area contributed by atoms with Gasteiger partial charge >= 0.3 is 0 Å². The molecule has 16 heavy (non-hydrogen) atoms. The van der Waals surface area contributed by atoms with Crippen LogP contribution >= 0.6 is 0 Å². The van der Waals surface area contributed by atoms with Crippen LogP contribution in [0.1, 0.15) is 5.69 Å². The number of aliphatic hydroxyl groups excluding tert-OH is 2. The summed E-state index contributed by atoms with van der Waals surface area (Å²) in [6.07, 6.45) is 1.82. The fraction of sp³-hybridized carbons (Fsp3) is 0.556. The topological polar surface area (TPSA) is 108 Å². The molecule has 1 aliphatic heterocycles. The zero-order valence-corrected chi connectivity index (χ0v) is 8.74. The summed E-state index contributed by atoms with van der Waals surface area (Å²) in [6.45, 7) is 1.48. The van der Waals surface area contributed by atoms with Crippen molar-refractivity contribution in [2.45, 2.75) is 18.8 Å². The van der Waals surface area contributed by atoms with Crippen LogP contribution in [0, 0.1) is 0 Å². The molecule has 2 rings (SSSR count). The number of rotatable bonds is 3. The number of nitrogens with one attached hydrogen (secondary N) is 1. The minimum Gasteiger partial charge on any atom is -0.389 e. The summed E-state index contributed by atoms with van der Waals surface area (Å²) < 4.78 is 0. The van der Waals surface area contributed by atoms with Gasteiger partial charge in [-0.25, -0.2) is 10.8 Å². The molecular formula is C9H15N5O2. The molecule has 0 amide bonds. The highest BCUT2D eigenvalue weighted by Gasteiger charge is 2.29. The molecule has 5 N–H and O–H groups in total. The van der Waals surface area contributed by atoms with Crippen molar-refractivity contribution < 1.29 is 10.2 Å². The van der Waals surface area contributed by atoms with Crippen LogP contribution in [-0.4, -0.2) is 50.4 Å². The first kappa shape index (κ1) is 11.2. The number of aromatic nitrogens is 2. The van der Waals surface area contributed by atoms with E-state index in [9.17, 15) is 10.2 Å². The number of nitrogens with two attached hydrogens (primary N) is 1. The Labute approximate surface area is 92.9 Å². The standard InChI is InChI=1S/C9H15N5O2/c10-13-9-2-11-6(1-12-9)3-14-4-7(15)8(16)5-14/h1-2,7-8,15-16H,3-5,10H2,(H,12,13). The zero-order valence-electron chi connectivity index (χ0n) is 8.74. The third-order valence-corrected chi connectivity index (χ3v) is 2.57. The van der Waals surface area contributed by atoms with E-state index in [-0.39, 0.29) is 0 Å². The van der Waals surface area contributed by atoms with Crippen LogP contribution in [0.4, 0.5) is 5.82 Å². The largest absolute Gasteiger partial charge is 0.389 e. The van der Waals surface area contributed by atoms with Crippen molar-refractivity contribution in [2.75, 3.05) is 18.5 Å². The third kappa shape index (κ3) is 2.45. The van der Waals surface area contributed by atoms with Crippen LogP contribution < -0.4 is 11.3 Å². The average molecular weight is 225 g/mol. The number of nitrogens with zero attached hydrogens (tertiary/aromatic N) is 3. The Morgan fingerprint density at radius 2 is 2.00 bits per heavy atom. The van der Waals surface area contributed by atoms with Gasteiger partial charge in [0.1, 0.15) is 0 Å². The van der Waals surface area contributed by atoms with Crippen LogP contribution in [0.15, 0.2) is 12.4 Å². The SMILES string of the molecule is NNc1cnc(CN2CC(O)C(O)C2)cn1. The van der Waals surface area contributed by atoms with Gasteiger partial charge in [0, 0.05) is 19.6 Å². The molecule has 0 radical (unpaired) electrons. The molecule has 0 spiro atoms. The number of hydrogen-bond acceptors (Lipinski definition) is 7. The number of likely N-dealkylation sites (tertiary alicyclic amines) is 1. The van der Waals surface area contributed by atoms with Gasteiger partial charge in [0.25, 0.3) is 0 Å². The summed E-state index contributed by atoms with van der Waals surface area (Å²) >= 11 is 0. The van der Waals surface area contributed by atoms with Crippen LogP contribution in [0.3, 0.4) is 0 Å². The van der Waals surface area contributed by atoms with Crippen molar-refractivity contribution in [3.8, 4) is 0 Å². The van der Waals surface area contributed by atoms with Crippen molar-refractivity contribution in [3.05, 3.63) is 18.1 Å². The predicted molar refractivity (Wildman–Crippen MR) is 57.1 cm³/mol. The van der Waals surface area contributed by atoms with E-state index in [1.54, 1.807) is 6.20 Å². The van der Waals surface area contributed by atoms with Gasteiger partial charge in [-0.3, -0.25) is 9.88 Å². The highest BCUT2D eigenvalue weighted by Crippen LogP contribution is 2.12. The number of anilines is 1. The Hall–Kier alpha value is -1.28. The molecular weight excluding hydrogens is 210 g/mol. The van der Waals surface area contributed by atoms with E-state index in [0.29, 0.717) is 25.5 Å². The second-order valence-corrected chi connectivity index (χ2v) is 3.87. The average Bonchev–Trinajstić information content (AvgIpc) is 2.59. The smallest absolute Gasteiger partial charge is 0.158 e. The Balaban J connectivity index is 1.94. The van der Waals surface area contributed by atoms with Gasteiger partial charge in [-0.05, 0) is 0 Å². The minimum atomic E-state index is -0.669. The Kier molecular flexibility index (Phi) is 3.30. The summed E-state index contributed by atoms with van der Waals surface area (Å²) in [7, 11) is 0. The Bertz CT molecular complexity index is 334. The summed E-state index contributed by atoms with van der Waals surface area (Å²) in [5.74, 6) is 5.68. The maximum atomic E-state index is 9.37. The van der Waals surface area contributed by atoms with Crippen LogP contribution in [0.25, 0.3) is 0 Å². The quantitative estimate of drug-likeness (QED) is 0.359. The van der Waals surface area contributed by atoms with Crippen molar-refractivity contribution in [1.82, 2.24) is 14.9 Å². The second kappa shape index (κ2) is 4.71. The first-order valence-corrected chi connectivity index (χ1v) is 5.05. The summed E-state index contributed by atoms with van der Waals surface area (Å²) in [6, 6.07) is 0. The summed E-state index contributed by atoms with van der Waals surface area (Å²) in [4.78, 5) is 10.1. The molecule has 7 nitrogen and oxygen atoms in total. The Morgan fingerprint density at radius 3 is 2.50 bits per heavy atom. The number of aliphatic hydroxyl groups is 2. The number of hydrazine groups is 1. The van der Waals surface area contributed by atoms with E-state index in [2.05, 4.69) is 15.4 Å².